The van der Waals surface area contributed by atoms with Crippen LogP contribution in [0.3, 0.4) is 0 Å². The summed E-state index contributed by atoms with van der Waals surface area (Å²) in [5, 5.41) is 0. The zero-order valence-electron chi connectivity index (χ0n) is 12.3. The Morgan fingerprint density at radius 1 is 0.833 bits per heavy atom. The summed E-state index contributed by atoms with van der Waals surface area (Å²) in [6.45, 7) is 10.4. The first-order valence-corrected chi connectivity index (χ1v) is 8.12. The molecule has 0 spiro atoms. The Bertz CT molecular complexity index is 287. The fourth-order valence-electron chi connectivity index (χ4n) is 4.44. The molecule has 2 heterocycles. The van der Waals surface area contributed by atoms with E-state index < -0.39 is 0 Å². The second-order valence-electron chi connectivity index (χ2n) is 7.59. The van der Waals surface area contributed by atoms with E-state index in [0.29, 0.717) is 5.41 Å². The molecule has 1 saturated carbocycles. The molecule has 0 aromatic carbocycles. The first-order chi connectivity index (χ1) is 8.64. The summed E-state index contributed by atoms with van der Waals surface area (Å²) in [5.74, 6) is 0. The number of hydrogen-bond acceptors (Lipinski definition) is 2. The molecule has 0 N–H and O–H groups in total. The van der Waals surface area contributed by atoms with Crippen molar-refractivity contribution in [3.05, 3.63) is 0 Å². The van der Waals surface area contributed by atoms with Gasteiger partial charge in [0.25, 0.3) is 0 Å². The molecular weight excluding hydrogens is 220 g/mol. The van der Waals surface area contributed by atoms with Crippen LogP contribution in [-0.2, 0) is 0 Å². The lowest BCUT2D eigenvalue weighted by molar-refractivity contribution is 0.117. The molecule has 0 radical (unpaired) electrons. The third-order valence-electron chi connectivity index (χ3n) is 5.54. The van der Waals surface area contributed by atoms with Crippen molar-refractivity contribution in [3.63, 3.8) is 0 Å². The van der Waals surface area contributed by atoms with Crippen molar-refractivity contribution in [3.8, 4) is 0 Å². The first-order valence-electron chi connectivity index (χ1n) is 8.12. The third-order valence-corrected chi connectivity index (χ3v) is 5.54. The predicted molar refractivity (Wildman–Crippen MR) is 76.8 cm³/mol. The molecular formula is C16H30N2. The Morgan fingerprint density at radius 3 is 2.39 bits per heavy atom. The van der Waals surface area contributed by atoms with E-state index in [0.717, 1.165) is 12.1 Å². The highest BCUT2D eigenvalue weighted by Crippen LogP contribution is 2.40. The molecule has 2 unspecified atom stereocenters. The summed E-state index contributed by atoms with van der Waals surface area (Å²) in [6, 6.07) is 1.77. The van der Waals surface area contributed by atoms with Crippen molar-refractivity contribution in [1.29, 1.82) is 0 Å². The van der Waals surface area contributed by atoms with E-state index in [9.17, 15) is 0 Å². The van der Waals surface area contributed by atoms with Gasteiger partial charge in [0.05, 0.1) is 0 Å². The topological polar surface area (TPSA) is 6.48 Å². The molecule has 18 heavy (non-hydrogen) atoms. The molecule has 0 aromatic heterocycles. The van der Waals surface area contributed by atoms with Crippen LogP contribution in [0.1, 0.15) is 58.8 Å². The van der Waals surface area contributed by atoms with Gasteiger partial charge in [0.2, 0.25) is 0 Å². The maximum Gasteiger partial charge on any atom is 0.0223 e. The van der Waals surface area contributed by atoms with Crippen LogP contribution < -0.4 is 0 Å². The number of piperidine rings is 1. The maximum atomic E-state index is 2.85. The summed E-state index contributed by atoms with van der Waals surface area (Å²) >= 11 is 0. The number of hydrogen-bond donors (Lipinski definition) is 0. The second-order valence-corrected chi connectivity index (χ2v) is 7.59. The zero-order valence-corrected chi connectivity index (χ0v) is 12.3. The second kappa shape index (κ2) is 5.13. The van der Waals surface area contributed by atoms with E-state index in [4.69, 9.17) is 0 Å². The molecule has 2 atom stereocenters. The Balaban J connectivity index is 1.63. The van der Waals surface area contributed by atoms with Crippen molar-refractivity contribution in [2.75, 3.05) is 26.2 Å². The number of fused-ring (bicyclic) bond motifs is 1. The van der Waals surface area contributed by atoms with E-state index in [-0.39, 0.29) is 0 Å². The smallest absolute Gasteiger partial charge is 0.0223 e. The summed E-state index contributed by atoms with van der Waals surface area (Å²) < 4.78 is 0. The van der Waals surface area contributed by atoms with Gasteiger partial charge in [0.15, 0.2) is 0 Å². The van der Waals surface area contributed by atoms with Crippen LogP contribution in [0.15, 0.2) is 0 Å². The molecule has 0 aromatic rings. The van der Waals surface area contributed by atoms with Crippen LogP contribution in [0.25, 0.3) is 0 Å². The highest BCUT2D eigenvalue weighted by Gasteiger charge is 2.36. The lowest BCUT2D eigenvalue weighted by Crippen LogP contribution is -2.46. The van der Waals surface area contributed by atoms with Gasteiger partial charge in [-0.1, -0.05) is 20.3 Å². The summed E-state index contributed by atoms with van der Waals surface area (Å²) in [4.78, 5) is 5.63. The highest BCUT2D eigenvalue weighted by atomic mass is 15.3. The molecule has 3 fully saturated rings. The Kier molecular flexibility index (Phi) is 3.68. The van der Waals surface area contributed by atoms with Crippen LogP contribution in [0.2, 0.25) is 0 Å². The molecule has 2 heteroatoms. The average molecular weight is 250 g/mol. The van der Waals surface area contributed by atoms with Gasteiger partial charge in [-0.3, -0.25) is 9.80 Å². The molecule has 3 aliphatic rings. The van der Waals surface area contributed by atoms with Gasteiger partial charge < -0.3 is 0 Å². The van der Waals surface area contributed by atoms with Crippen LogP contribution in [0.4, 0.5) is 0 Å². The minimum Gasteiger partial charge on any atom is -0.299 e. The van der Waals surface area contributed by atoms with Crippen LogP contribution in [0.5, 0.6) is 0 Å². The molecule has 2 saturated heterocycles. The van der Waals surface area contributed by atoms with Gasteiger partial charge in [0, 0.05) is 18.6 Å². The van der Waals surface area contributed by atoms with Crippen LogP contribution in [0, 0.1) is 5.41 Å². The van der Waals surface area contributed by atoms with E-state index >= 15 is 0 Å². The Labute approximate surface area is 113 Å². The van der Waals surface area contributed by atoms with Gasteiger partial charge in [0.1, 0.15) is 0 Å². The first kappa shape index (κ1) is 12.9. The highest BCUT2D eigenvalue weighted by molar-refractivity contribution is 4.92. The molecule has 3 rings (SSSR count). The van der Waals surface area contributed by atoms with Crippen molar-refractivity contribution < 1.29 is 0 Å². The van der Waals surface area contributed by atoms with E-state index in [1.165, 1.54) is 71.1 Å². The van der Waals surface area contributed by atoms with E-state index in [2.05, 4.69) is 23.6 Å². The lowest BCUT2D eigenvalue weighted by Gasteiger charge is -2.37. The van der Waals surface area contributed by atoms with Crippen molar-refractivity contribution in [1.82, 2.24) is 9.80 Å². The maximum absolute atomic E-state index is 2.85. The van der Waals surface area contributed by atoms with Crippen molar-refractivity contribution >= 4 is 0 Å². The zero-order chi connectivity index (χ0) is 12.6. The molecule has 2 aliphatic heterocycles. The standard InChI is InChI=1S/C16H30N2/c1-16(2)8-7-14(12-16)18-11-5-10-17-9-4-3-6-15(17)13-18/h14-15H,3-13H2,1-2H3. The fourth-order valence-corrected chi connectivity index (χ4v) is 4.44. The molecule has 1 aliphatic carbocycles. The van der Waals surface area contributed by atoms with Gasteiger partial charge in [-0.2, -0.15) is 0 Å². The molecule has 0 amide bonds. The summed E-state index contributed by atoms with van der Waals surface area (Å²) in [5.41, 5.74) is 0.600. The monoisotopic (exact) mass is 250 g/mol. The average Bonchev–Trinajstić information content (AvgIpc) is 2.60. The molecule has 0 bridgehead atoms. The minimum absolute atomic E-state index is 0.600. The summed E-state index contributed by atoms with van der Waals surface area (Å²) in [6.07, 6.45) is 10.1. The predicted octanol–water partition coefficient (Wildman–Crippen LogP) is 3.13. The summed E-state index contributed by atoms with van der Waals surface area (Å²) in [7, 11) is 0. The Hall–Kier alpha value is -0.0800. The Morgan fingerprint density at radius 2 is 1.61 bits per heavy atom. The lowest BCUT2D eigenvalue weighted by atomic mass is 9.91. The van der Waals surface area contributed by atoms with Crippen LogP contribution >= 0.6 is 0 Å². The largest absolute Gasteiger partial charge is 0.299 e. The third kappa shape index (κ3) is 2.75. The number of nitrogens with zero attached hydrogens (tertiary/aromatic N) is 2. The van der Waals surface area contributed by atoms with E-state index in [1.807, 2.05) is 0 Å². The van der Waals surface area contributed by atoms with E-state index in [1.54, 1.807) is 0 Å². The van der Waals surface area contributed by atoms with Crippen molar-refractivity contribution in [2.24, 2.45) is 5.41 Å². The van der Waals surface area contributed by atoms with Gasteiger partial charge in [-0.25, -0.2) is 0 Å². The number of rotatable bonds is 1. The van der Waals surface area contributed by atoms with Gasteiger partial charge >= 0.3 is 0 Å². The SMILES string of the molecule is CC1(C)CCC(N2CCCN3CCCCC3C2)C1. The normalized spacial score (nSPS) is 38.3. The quantitative estimate of drug-likeness (QED) is 0.705. The van der Waals surface area contributed by atoms with Crippen molar-refractivity contribution in [2.45, 2.75) is 70.9 Å². The van der Waals surface area contributed by atoms with Crippen LogP contribution in [-0.4, -0.2) is 48.1 Å². The molecule has 104 valence electrons. The van der Waals surface area contributed by atoms with Gasteiger partial charge in [-0.05, 0) is 63.6 Å². The van der Waals surface area contributed by atoms with Gasteiger partial charge in [-0.15, -0.1) is 0 Å². The fraction of sp³-hybridized carbons (Fsp3) is 1.00. The minimum atomic E-state index is 0.600. The molecule has 2 nitrogen and oxygen atoms in total.